The molecule has 2 rings (SSSR count). The summed E-state index contributed by atoms with van der Waals surface area (Å²) in [6.45, 7) is 1.30. The van der Waals surface area contributed by atoms with Crippen LogP contribution in [0.5, 0.6) is 0 Å². The first kappa shape index (κ1) is 14.4. The molecule has 1 atom stereocenters. The van der Waals surface area contributed by atoms with Gasteiger partial charge in [0, 0.05) is 25.4 Å². The smallest absolute Gasteiger partial charge is 0.255 e. The number of piperidine rings is 1. The van der Waals surface area contributed by atoms with Crippen LogP contribution in [0.25, 0.3) is 0 Å². The molecule has 0 aromatic heterocycles. The number of hydrogen-bond donors (Lipinski definition) is 2. The molecule has 0 spiro atoms. The van der Waals surface area contributed by atoms with Crippen LogP contribution >= 0.6 is 23.2 Å². The maximum absolute atomic E-state index is 12.4. The molecule has 1 aromatic carbocycles. The number of nitrogens with zero attached hydrogens (tertiary/aromatic N) is 1. The molecule has 19 heavy (non-hydrogen) atoms. The second-order valence-electron chi connectivity index (χ2n) is 4.81. The van der Waals surface area contributed by atoms with Crippen LogP contribution in [0.3, 0.4) is 0 Å². The topological polar surface area (TPSA) is 66.6 Å². The number of hydrogen-bond acceptors (Lipinski definition) is 3. The summed E-state index contributed by atoms with van der Waals surface area (Å²) in [5.74, 6) is -0.0506. The molecule has 1 aliphatic rings. The second-order valence-corrected chi connectivity index (χ2v) is 5.59. The molecule has 1 heterocycles. The van der Waals surface area contributed by atoms with Crippen molar-refractivity contribution in [3.63, 3.8) is 0 Å². The average molecular weight is 303 g/mol. The van der Waals surface area contributed by atoms with Gasteiger partial charge in [-0.1, -0.05) is 23.2 Å². The van der Waals surface area contributed by atoms with Gasteiger partial charge in [0.25, 0.3) is 5.91 Å². The van der Waals surface area contributed by atoms with Gasteiger partial charge < -0.3 is 15.7 Å². The highest BCUT2D eigenvalue weighted by Crippen LogP contribution is 2.30. The van der Waals surface area contributed by atoms with Crippen LogP contribution in [-0.4, -0.2) is 35.6 Å². The molecule has 1 saturated heterocycles. The van der Waals surface area contributed by atoms with Crippen LogP contribution in [-0.2, 0) is 0 Å². The lowest BCUT2D eigenvalue weighted by Gasteiger charge is -2.32. The predicted octanol–water partition coefficient (Wildman–Crippen LogP) is 2.42. The van der Waals surface area contributed by atoms with E-state index in [1.165, 1.54) is 6.07 Å². The molecule has 4 nitrogen and oxygen atoms in total. The lowest BCUT2D eigenvalue weighted by molar-refractivity contribution is 0.0621. The van der Waals surface area contributed by atoms with Crippen LogP contribution in [0.2, 0.25) is 10.0 Å². The first-order chi connectivity index (χ1) is 9.02. The summed E-state index contributed by atoms with van der Waals surface area (Å²) in [6.07, 6.45) is 1.82. The molecular formula is C13H16Cl2N2O2. The zero-order valence-corrected chi connectivity index (χ0v) is 11.9. The molecule has 1 aliphatic heterocycles. The van der Waals surface area contributed by atoms with Crippen molar-refractivity contribution in [2.24, 2.45) is 5.92 Å². The van der Waals surface area contributed by atoms with Gasteiger partial charge in [-0.05, 0) is 30.9 Å². The number of nitrogen functional groups attached to an aromatic ring is 1. The third-order valence-electron chi connectivity index (χ3n) is 3.35. The molecule has 0 aliphatic carbocycles. The Morgan fingerprint density at radius 3 is 2.89 bits per heavy atom. The number of aliphatic hydroxyl groups excluding tert-OH is 1. The van der Waals surface area contributed by atoms with Crippen molar-refractivity contribution < 1.29 is 9.90 Å². The maximum atomic E-state index is 12.4. The highest BCUT2D eigenvalue weighted by molar-refractivity contribution is 6.44. The fraction of sp³-hybridized carbons (Fsp3) is 0.462. The Morgan fingerprint density at radius 1 is 1.47 bits per heavy atom. The Labute approximate surface area is 122 Å². The molecule has 104 valence electrons. The normalized spacial score (nSPS) is 19.5. The van der Waals surface area contributed by atoms with Crippen LogP contribution in [0.4, 0.5) is 5.69 Å². The third kappa shape index (κ3) is 3.14. The van der Waals surface area contributed by atoms with Crippen LogP contribution in [0, 0.1) is 5.92 Å². The molecule has 1 fully saturated rings. The Balaban J connectivity index is 2.24. The SMILES string of the molecule is Nc1cc(Cl)c(Cl)c(C(=O)N2CCCC(CO)C2)c1. The Morgan fingerprint density at radius 2 is 2.21 bits per heavy atom. The van der Waals surface area contributed by atoms with E-state index in [-0.39, 0.29) is 28.5 Å². The number of benzene rings is 1. The number of carbonyl (C=O) groups excluding carboxylic acids is 1. The molecule has 3 N–H and O–H groups in total. The summed E-state index contributed by atoms with van der Waals surface area (Å²) in [6, 6.07) is 3.06. The summed E-state index contributed by atoms with van der Waals surface area (Å²) in [5, 5.41) is 9.71. The molecule has 0 bridgehead atoms. The Kier molecular flexibility index (Phi) is 4.55. The van der Waals surface area contributed by atoms with Gasteiger partial charge in [-0.15, -0.1) is 0 Å². The Bertz CT molecular complexity index is 494. The standard InChI is InChI=1S/C13H16Cl2N2O2/c14-11-5-9(16)4-10(12(11)15)13(19)17-3-1-2-8(6-17)7-18/h4-5,8,18H,1-3,6-7,16H2. The van der Waals surface area contributed by atoms with E-state index < -0.39 is 0 Å². The van der Waals surface area contributed by atoms with E-state index in [9.17, 15) is 9.90 Å². The van der Waals surface area contributed by atoms with E-state index in [2.05, 4.69) is 0 Å². The van der Waals surface area contributed by atoms with Crippen molar-refractivity contribution >= 4 is 34.8 Å². The molecule has 6 heteroatoms. The summed E-state index contributed by atoms with van der Waals surface area (Å²) in [5.41, 5.74) is 6.43. The van der Waals surface area contributed by atoms with Crippen LogP contribution in [0.1, 0.15) is 23.2 Å². The number of likely N-dealkylation sites (tertiary alicyclic amines) is 1. The number of aliphatic hydroxyl groups is 1. The minimum atomic E-state index is -0.183. The van der Waals surface area contributed by atoms with E-state index in [0.717, 1.165) is 12.8 Å². The minimum absolute atomic E-state index is 0.0925. The number of anilines is 1. The number of amides is 1. The van der Waals surface area contributed by atoms with E-state index in [4.69, 9.17) is 28.9 Å². The molecule has 1 unspecified atom stereocenters. The van der Waals surface area contributed by atoms with Gasteiger partial charge in [0.05, 0.1) is 15.6 Å². The summed E-state index contributed by atoms with van der Waals surface area (Å²) in [4.78, 5) is 14.1. The van der Waals surface area contributed by atoms with Gasteiger partial charge in [-0.2, -0.15) is 0 Å². The molecule has 1 amide bonds. The molecule has 0 radical (unpaired) electrons. The second kappa shape index (κ2) is 5.99. The quantitative estimate of drug-likeness (QED) is 0.825. The van der Waals surface area contributed by atoms with Gasteiger partial charge in [-0.3, -0.25) is 4.79 Å². The first-order valence-electron chi connectivity index (χ1n) is 6.17. The molecule has 0 saturated carbocycles. The average Bonchev–Trinajstić information content (AvgIpc) is 2.42. The highest BCUT2D eigenvalue weighted by Gasteiger charge is 2.26. The number of halogens is 2. The van der Waals surface area contributed by atoms with Gasteiger partial charge in [0.1, 0.15) is 0 Å². The van der Waals surface area contributed by atoms with Gasteiger partial charge in [0.2, 0.25) is 0 Å². The monoisotopic (exact) mass is 302 g/mol. The van der Waals surface area contributed by atoms with Crippen molar-refractivity contribution in [1.29, 1.82) is 0 Å². The van der Waals surface area contributed by atoms with Gasteiger partial charge in [-0.25, -0.2) is 0 Å². The predicted molar refractivity (Wildman–Crippen MR) is 76.6 cm³/mol. The highest BCUT2D eigenvalue weighted by atomic mass is 35.5. The van der Waals surface area contributed by atoms with E-state index >= 15 is 0 Å². The van der Waals surface area contributed by atoms with Crippen molar-refractivity contribution in [3.05, 3.63) is 27.7 Å². The summed E-state index contributed by atoms with van der Waals surface area (Å²) < 4.78 is 0. The maximum Gasteiger partial charge on any atom is 0.255 e. The summed E-state index contributed by atoms with van der Waals surface area (Å²) >= 11 is 12.0. The Hall–Kier alpha value is -0.970. The van der Waals surface area contributed by atoms with E-state index in [0.29, 0.717) is 24.3 Å². The fourth-order valence-corrected chi connectivity index (χ4v) is 2.75. The van der Waals surface area contributed by atoms with Crippen molar-refractivity contribution in [1.82, 2.24) is 4.90 Å². The lowest BCUT2D eigenvalue weighted by Crippen LogP contribution is -2.41. The zero-order valence-electron chi connectivity index (χ0n) is 10.4. The third-order valence-corrected chi connectivity index (χ3v) is 4.15. The zero-order chi connectivity index (χ0) is 14.0. The van der Waals surface area contributed by atoms with Crippen LogP contribution in [0.15, 0.2) is 12.1 Å². The first-order valence-corrected chi connectivity index (χ1v) is 6.93. The van der Waals surface area contributed by atoms with Crippen molar-refractivity contribution in [2.45, 2.75) is 12.8 Å². The van der Waals surface area contributed by atoms with E-state index in [1.54, 1.807) is 11.0 Å². The van der Waals surface area contributed by atoms with Crippen molar-refractivity contribution in [2.75, 3.05) is 25.4 Å². The van der Waals surface area contributed by atoms with Gasteiger partial charge in [0.15, 0.2) is 0 Å². The van der Waals surface area contributed by atoms with Gasteiger partial charge >= 0.3 is 0 Å². The molecule has 1 aromatic rings. The fourth-order valence-electron chi connectivity index (χ4n) is 2.33. The van der Waals surface area contributed by atoms with E-state index in [1.807, 2.05) is 0 Å². The number of carbonyl (C=O) groups is 1. The largest absolute Gasteiger partial charge is 0.399 e. The van der Waals surface area contributed by atoms with Crippen molar-refractivity contribution in [3.8, 4) is 0 Å². The number of nitrogens with two attached hydrogens (primary N) is 1. The van der Waals surface area contributed by atoms with Crippen LogP contribution < -0.4 is 5.73 Å². The number of rotatable bonds is 2. The summed E-state index contributed by atoms with van der Waals surface area (Å²) in [7, 11) is 0. The molecular weight excluding hydrogens is 287 g/mol. The lowest BCUT2D eigenvalue weighted by atomic mass is 9.98. The minimum Gasteiger partial charge on any atom is -0.399 e.